The Balaban J connectivity index is 1.77. The van der Waals surface area contributed by atoms with E-state index < -0.39 is 5.60 Å². The van der Waals surface area contributed by atoms with E-state index in [4.69, 9.17) is 0 Å². The highest BCUT2D eigenvalue weighted by Crippen LogP contribution is 2.27. The predicted octanol–water partition coefficient (Wildman–Crippen LogP) is 3.55. The number of nitrogens with one attached hydrogen (secondary N) is 1. The van der Waals surface area contributed by atoms with Crippen molar-refractivity contribution in [3.05, 3.63) is 0 Å². The molecule has 0 unspecified atom stereocenters. The van der Waals surface area contributed by atoms with Crippen LogP contribution in [0.4, 0.5) is 0 Å². The van der Waals surface area contributed by atoms with Crippen LogP contribution in [-0.4, -0.2) is 23.2 Å². The van der Waals surface area contributed by atoms with Crippen molar-refractivity contribution in [2.45, 2.75) is 89.1 Å². The number of amides is 1. The Morgan fingerprint density at radius 3 is 2.00 bits per heavy atom. The number of carbonyl (C=O) groups excluding carboxylic acids is 1. The van der Waals surface area contributed by atoms with Gasteiger partial charge in [0.25, 0.3) is 0 Å². The average molecular weight is 281 g/mol. The number of hydrogen-bond donors (Lipinski definition) is 2. The zero-order chi connectivity index (χ0) is 14.3. The highest BCUT2D eigenvalue weighted by molar-refractivity contribution is 5.78. The van der Waals surface area contributed by atoms with E-state index in [1.54, 1.807) is 0 Å². The van der Waals surface area contributed by atoms with Gasteiger partial charge in [0.1, 0.15) is 0 Å². The summed E-state index contributed by atoms with van der Waals surface area (Å²) in [6.07, 6.45) is 14.6. The van der Waals surface area contributed by atoms with Crippen LogP contribution in [0, 0.1) is 5.92 Å². The summed E-state index contributed by atoms with van der Waals surface area (Å²) in [6, 6.07) is 0. The molecule has 116 valence electrons. The Morgan fingerprint density at radius 1 is 0.900 bits per heavy atom. The summed E-state index contributed by atoms with van der Waals surface area (Å²) in [6.45, 7) is 0.461. The summed E-state index contributed by atoms with van der Waals surface area (Å²) < 4.78 is 0. The molecule has 2 aliphatic carbocycles. The fourth-order valence-corrected chi connectivity index (χ4v) is 3.68. The minimum absolute atomic E-state index is 0.185. The molecule has 0 aromatic rings. The second-order valence-corrected chi connectivity index (χ2v) is 6.90. The smallest absolute Gasteiger partial charge is 0.223 e. The molecular weight excluding hydrogens is 250 g/mol. The summed E-state index contributed by atoms with van der Waals surface area (Å²) in [5.41, 5.74) is -0.645. The van der Waals surface area contributed by atoms with Gasteiger partial charge in [0.05, 0.1) is 5.60 Å². The molecular formula is C17H31NO2. The molecule has 0 radical (unpaired) electrons. The van der Waals surface area contributed by atoms with Crippen molar-refractivity contribution >= 4 is 5.91 Å². The van der Waals surface area contributed by atoms with Crippen molar-refractivity contribution < 1.29 is 9.90 Å². The van der Waals surface area contributed by atoms with Gasteiger partial charge >= 0.3 is 0 Å². The third-order valence-electron chi connectivity index (χ3n) is 5.10. The summed E-state index contributed by atoms with van der Waals surface area (Å²) in [7, 11) is 0. The molecule has 2 rings (SSSR count). The van der Waals surface area contributed by atoms with E-state index in [9.17, 15) is 9.90 Å². The second kappa shape index (κ2) is 8.02. The van der Waals surface area contributed by atoms with Gasteiger partial charge in [-0.25, -0.2) is 0 Å². The molecule has 2 saturated carbocycles. The predicted molar refractivity (Wildman–Crippen MR) is 81.5 cm³/mol. The third kappa shape index (κ3) is 5.08. The van der Waals surface area contributed by atoms with Crippen LogP contribution in [0.25, 0.3) is 0 Å². The van der Waals surface area contributed by atoms with Crippen LogP contribution < -0.4 is 5.32 Å². The second-order valence-electron chi connectivity index (χ2n) is 6.90. The van der Waals surface area contributed by atoms with Gasteiger partial charge in [-0.05, 0) is 25.7 Å². The Kier molecular flexibility index (Phi) is 6.34. The lowest BCUT2D eigenvalue weighted by molar-refractivity contribution is -0.127. The lowest BCUT2D eigenvalue weighted by atomic mass is 9.89. The van der Waals surface area contributed by atoms with Gasteiger partial charge in [-0.1, -0.05) is 57.8 Å². The number of aliphatic hydroxyl groups is 1. The number of carbonyl (C=O) groups is 1. The summed E-state index contributed by atoms with van der Waals surface area (Å²) >= 11 is 0. The van der Waals surface area contributed by atoms with Gasteiger partial charge < -0.3 is 10.4 Å². The lowest BCUT2D eigenvalue weighted by Crippen LogP contribution is -2.44. The van der Waals surface area contributed by atoms with Crippen LogP contribution in [0.1, 0.15) is 83.5 Å². The SMILES string of the molecule is O=C(NCC1(O)CCCCCC1)C1CCCCCCC1. The average Bonchev–Trinajstić information content (AvgIpc) is 2.61. The fraction of sp³-hybridized carbons (Fsp3) is 0.941. The maximum Gasteiger partial charge on any atom is 0.223 e. The van der Waals surface area contributed by atoms with E-state index in [0.717, 1.165) is 38.5 Å². The van der Waals surface area contributed by atoms with E-state index in [2.05, 4.69) is 5.32 Å². The highest BCUT2D eigenvalue weighted by Gasteiger charge is 2.29. The van der Waals surface area contributed by atoms with E-state index >= 15 is 0 Å². The Hall–Kier alpha value is -0.570. The molecule has 0 aromatic heterocycles. The van der Waals surface area contributed by atoms with Crippen LogP contribution in [0.15, 0.2) is 0 Å². The summed E-state index contributed by atoms with van der Waals surface area (Å²) in [5.74, 6) is 0.370. The highest BCUT2D eigenvalue weighted by atomic mass is 16.3. The first-order valence-corrected chi connectivity index (χ1v) is 8.70. The van der Waals surface area contributed by atoms with Crippen LogP contribution in [0.5, 0.6) is 0 Å². The molecule has 0 spiro atoms. The van der Waals surface area contributed by atoms with Gasteiger partial charge in [-0.3, -0.25) is 4.79 Å². The number of rotatable bonds is 3. The molecule has 0 aliphatic heterocycles. The van der Waals surface area contributed by atoms with Gasteiger partial charge in [0.2, 0.25) is 5.91 Å². The van der Waals surface area contributed by atoms with E-state index in [1.165, 1.54) is 44.9 Å². The van der Waals surface area contributed by atoms with Crippen molar-refractivity contribution in [2.24, 2.45) is 5.92 Å². The first-order valence-electron chi connectivity index (χ1n) is 8.70. The monoisotopic (exact) mass is 281 g/mol. The molecule has 0 saturated heterocycles. The topological polar surface area (TPSA) is 49.3 Å². The molecule has 3 heteroatoms. The van der Waals surface area contributed by atoms with E-state index in [0.29, 0.717) is 6.54 Å². The minimum Gasteiger partial charge on any atom is -0.388 e. The Morgan fingerprint density at radius 2 is 1.40 bits per heavy atom. The van der Waals surface area contributed by atoms with E-state index in [-0.39, 0.29) is 11.8 Å². The van der Waals surface area contributed by atoms with Gasteiger partial charge in [0, 0.05) is 12.5 Å². The molecule has 2 N–H and O–H groups in total. The molecule has 2 aliphatic rings. The molecule has 0 aromatic carbocycles. The molecule has 0 bridgehead atoms. The van der Waals surface area contributed by atoms with Gasteiger partial charge in [0.15, 0.2) is 0 Å². The zero-order valence-corrected chi connectivity index (χ0v) is 12.8. The van der Waals surface area contributed by atoms with Crippen molar-refractivity contribution in [1.29, 1.82) is 0 Å². The van der Waals surface area contributed by atoms with Crippen LogP contribution in [-0.2, 0) is 4.79 Å². The van der Waals surface area contributed by atoms with E-state index in [1.807, 2.05) is 0 Å². The quantitative estimate of drug-likeness (QED) is 0.777. The first kappa shape index (κ1) is 15.8. The van der Waals surface area contributed by atoms with Gasteiger partial charge in [-0.15, -0.1) is 0 Å². The largest absolute Gasteiger partial charge is 0.388 e. The molecule has 0 heterocycles. The molecule has 0 atom stereocenters. The van der Waals surface area contributed by atoms with Crippen LogP contribution >= 0.6 is 0 Å². The van der Waals surface area contributed by atoms with Crippen molar-refractivity contribution in [1.82, 2.24) is 5.32 Å². The van der Waals surface area contributed by atoms with Crippen LogP contribution in [0.2, 0.25) is 0 Å². The zero-order valence-electron chi connectivity index (χ0n) is 12.8. The standard InChI is InChI=1S/C17H31NO2/c19-16(15-10-6-2-1-3-7-11-15)18-14-17(20)12-8-4-5-9-13-17/h15,20H,1-14H2,(H,18,19). The van der Waals surface area contributed by atoms with Crippen molar-refractivity contribution in [3.8, 4) is 0 Å². The molecule has 20 heavy (non-hydrogen) atoms. The normalized spacial score (nSPS) is 25.2. The van der Waals surface area contributed by atoms with Crippen molar-refractivity contribution in [2.75, 3.05) is 6.54 Å². The fourth-order valence-electron chi connectivity index (χ4n) is 3.68. The maximum absolute atomic E-state index is 12.3. The maximum atomic E-state index is 12.3. The third-order valence-corrected chi connectivity index (χ3v) is 5.10. The molecule has 1 amide bonds. The Labute approximate surface area is 123 Å². The number of hydrogen-bond acceptors (Lipinski definition) is 2. The summed E-state index contributed by atoms with van der Waals surface area (Å²) in [5, 5.41) is 13.6. The summed E-state index contributed by atoms with van der Waals surface area (Å²) in [4.78, 5) is 12.3. The minimum atomic E-state index is -0.645. The Bertz CT molecular complexity index is 287. The van der Waals surface area contributed by atoms with Gasteiger partial charge in [-0.2, -0.15) is 0 Å². The lowest BCUT2D eigenvalue weighted by Gasteiger charge is -2.28. The van der Waals surface area contributed by atoms with Crippen molar-refractivity contribution in [3.63, 3.8) is 0 Å². The first-order chi connectivity index (χ1) is 9.70. The molecule has 3 nitrogen and oxygen atoms in total. The molecule has 2 fully saturated rings. The van der Waals surface area contributed by atoms with Crippen LogP contribution in [0.3, 0.4) is 0 Å².